The monoisotopic (exact) mass is 370 g/mol. The number of nitrogens with one attached hydrogen (secondary N) is 1. The molecule has 28 heavy (non-hydrogen) atoms. The van der Waals surface area contributed by atoms with Crippen LogP contribution in [0.3, 0.4) is 0 Å². The molecule has 4 rings (SSSR count). The van der Waals surface area contributed by atoms with Crippen molar-refractivity contribution in [3.8, 4) is 11.1 Å². The lowest BCUT2D eigenvalue weighted by molar-refractivity contribution is -0.119. The molecular weight excluding hydrogens is 352 g/mol. The molecule has 0 aliphatic carbocycles. The van der Waals surface area contributed by atoms with Gasteiger partial charge in [0, 0.05) is 5.69 Å². The number of fused-ring (bicyclic) bond motifs is 1. The fourth-order valence-corrected chi connectivity index (χ4v) is 3.30. The van der Waals surface area contributed by atoms with Crippen LogP contribution in [0.25, 0.3) is 11.1 Å². The van der Waals surface area contributed by atoms with E-state index in [1.165, 1.54) is 0 Å². The Morgan fingerprint density at radius 1 is 0.750 bits per heavy atom. The van der Waals surface area contributed by atoms with Crippen LogP contribution in [-0.2, 0) is 4.79 Å². The van der Waals surface area contributed by atoms with E-state index in [1.54, 1.807) is 43.3 Å². The summed E-state index contributed by atoms with van der Waals surface area (Å²) in [5, 5.41) is 2.78. The van der Waals surface area contributed by atoms with Gasteiger partial charge in [-0.25, -0.2) is 0 Å². The van der Waals surface area contributed by atoms with Crippen molar-refractivity contribution in [2.75, 3.05) is 5.32 Å². The molecule has 5 nitrogen and oxygen atoms in total. The quantitative estimate of drug-likeness (QED) is 0.707. The number of anilines is 1. The van der Waals surface area contributed by atoms with Crippen LogP contribution < -0.4 is 5.32 Å². The lowest BCUT2D eigenvalue weighted by Crippen LogP contribution is -2.45. The molecule has 1 aliphatic rings. The Labute approximate surface area is 162 Å². The second-order valence-electron chi connectivity index (χ2n) is 6.63. The molecule has 1 heterocycles. The van der Waals surface area contributed by atoms with Crippen LogP contribution in [0.2, 0.25) is 0 Å². The van der Waals surface area contributed by atoms with Gasteiger partial charge in [0.2, 0.25) is 5.91 Å². The third-order valence-electron chi connectivity index (χ3n) is 4.85. The number of carbonyl (C=O) groups is 3. The SMILES string of the molecule is CC(C(=O)Nc1ccc(-c2ccccc2)cc1)N1C(=O)c2ccccc2C1=O. The van der Waals surface area contributed by atoms with E-state index in [0.29, 0.717) is 16.8 Å². The summed E-state index contributed by atoms with van der Waals surface area (Å²) in [6.45, 7) is 1.55. The first-order chi connectivity index (χ1) is 13.6. The summed E-state index contributed by atoms with van der Waals surface area (Å²) in [6.07, 6.45) is 0. The fourth-order valence-electron chi connectivity index (χ4n) is 3.30. The molecule has 0 bridgehead atoms. The van der Waals surface area contributed by atoms with Crippen LogP contribution in [-0.4, -0.2) is 28.7 Å². The van der Waals surface area contributed by atoms with Crippen molar-refractivity contribution in [3.05, 3.63) is 90.0 Å². The third kappa shape index (κ3) is 3.07. The Balaban J connectivity index is 1.48. The van der Waals surface area contributed by atoms with E-state index in [9.17, 15) is 14.4 Å². The Morgan fingerprint density at radius 2 is 1.25 bits per heavy atom. The zero-order valence-corrected chi connectivity index (χ0v) is 15.3. The van der Waals surface area contributed by atoms with Crippen molar-refractivity contribution >= 4 is 23.4 Å². The molecule has 1 aliphatic heterocycles. The van der Waals surface area contributed by atoms with Crippen LogP contribution in [0, 0.1) is 0 Å². The predicted molar refractivity (Wildman–Crippen MR) is 107 cm³/mol. The van der Waals surface area contributed by atoms with Crippen LogP contribution >= 0.6 is 0 Å². The maximum absolute atomic E-state index is 12.6. The second-order valence-corrected chi connectivity index (χ2v) is 6.63. The van der Waals surface area contributed by atoms with Crippen LogP contribution in [0.15, 0.2) is 78.9 Å². The summed E-state index contributed by atoms with van der Waals surface area (Å²) < 4.78 is 0. The van der Waals surface area contributed by atoms with Crippen LogP contribution in [0.4, 0.5) is 5.69 Å². The average molecular weight is 370 g/mol. The van der Waals surface area contributed by atoms with E-state index in [-0.39, 0.29) is 0 Å². The summed E-state index contributed by atoms with van der Waals surface area (Å²) in [5.41, 5.74) is 3.39. The topological polar surface area (TPSA) is 66.5 Å². The summed E-state index contributed by atoms with van der Waals surface area (Å²) in [6, 6.07) is 23.0. The molecule has 0 spiro atoms. The summed E-state index contributed by atoms with van der Waals surface area (Å²) in [5.74, 6) is -1.30. The minimum absolute atomic E-state index is 0.333. The minimum atomic E-state index is -0.916. The van der Waals surface area contributed by atoms with Crippen molar-refractivity contribution in [1.29, 1.82) is 0 Å². The largest absolute Gasteiger partial charge is 0.324 e. The van der Waals surface area contributed by atoms with E-state index in [0.717, 1.165) is 16.0 Å². The maximum Gasteiger partial charge on any atom is 0.262 e. The first kappa shape index (κ1) is 17.7. The van der Waals surface area contributed by atoms with E-state index < -0.39 is 23.8 Å². The zero-order valence-electron chi connectivity index (χ0n) is 15.3. The highest BCUT2D eigenvalue weighted by Crippen LogP contribution is 2.25. The molecule has 0 saturated heterocycles. The molecule has 0 fully saturated rings. The number of hydrogen-bond donors (Lipinski definition) is 1. The third-order valence-corrected chi connectivity index (χ3v) is 4.85. The highest BCUT2D eigenvalue weighted by Gasteiger charge is 2.40. The lowest BCUT2D eigenvalue weighted by Gasteiger charge is -2.21. The van der Waals surface area contributed by atoms with Crippen molar-refractivity contribution in [2.45, 2.75) is 13.0 Å². The molecule has 3 aromatic carbocycles. The van der Waals surface area contributed by atoms with Crippen molar-refractivity contribution < 1.29 is 14.4 Å². The molecule has 0 saturated carbocycles. The van der Waals surface area contributed by atoms with Gasteiger partial charge in [-0.3, -0.25) is 19.3 Å². The summed E-state index contributed by atoms with van der Waals surface area (Å²) in [4.78, 5) is 38.7. The normalized spacial score (nSPS) is 14.0. The standard InChI is InChI=1S/C23H18N2O3/c1-15(25-22(27)19-9-5-6-10-20(19)23(25)28)21(26)24-18-13-11-17(12-14-18)16-7-3-2-4-8-16/h2-15H,1H3,(H,24,26). The van der Waals surface area contributed by atoms with Gasteiger partial charge in [-0.2, -0.15) is 0 Å². The van der Waals surface area contributed by atoms with E-state index >= 15 is 0 Å². The number of rotatable bonds is 4. The minimum Gasteiger partial charge on any atom is -0.324 e. The summed E-state index contributed by atoms with van der Waals surface area (Å²) in [7, 11) is 0. The molecule has 1 atom stereocenters. The second kappa shape index (κ2) is 7.12. The Hall–Kier alpha value is -3.73. The molecule has 3 aromatic rings. The number of amides is 3. The number of imide groups is 1. The van der Waals surface area contributed by atoms with E-state index in [4.69, 9.17) is 0 Å². The van der Waals surface area contributed by atoms with Gasteiger partial charge >= 0.3 is 0 Å². The highest BCUT2D eigenvalue weighted by molar-refractivity contribution is 6.23. The van der Waals surface area contributed by atoms with E-state index in [1.807, 2.05) is 42.5 Å². The number of benzene rings is 3. The van der Waals surface area contributed by atoms with Gasteiger partial charge in [-0.15, -0.1) is 0 Å². The molecule has 5 heteroatoms. The van der Waals surface area contributed by atoms with Gasteiger partial charge in [-0.05, 0) is 42.3 Å². The number of hydrogen-bond acceptors (Lipinski definition) is 3. The van der Waals surface area contributed by atoms with Crippen LogP contribution in [0.1, 0.15) is 27.6 Å². The van der Waals surface area contributed by atoms with Gasteiger partial charge in [-0.1, -0.05) is 54.6 Å². The molecular formula is C23H18N2O3. The van der Waals surface area contributed by atoms with Crippen molar-refractivity contribution in [2.24, 2.45) is 0 Å². The molecule has 138 valence electrons. The predicted octanol–water partition coefficient (Wildman–Crippen LogP) is 3.98. The average Bonchev–Trinajstić information content (AvgIpc) is 2.99. The van der Waals surface area contributed by atoms with Crippen molar-refractivity contribution in [3.63, 3.8) is 0 Å². The molecule has 1 unspecified atom stereocenters. The van der Waals surface area contributed by atoms with Gasteiger partial charge < -0.3 is 5.32 Å². The van der Waals surface area contributed by atoms with E-state index in [2.05, 4.69) is 5.32 Å². The summed E-state index contributed by atoms with van der Waals surface area (Å²) >= 11 is 0. The van der Waals surface area contributed by atoms with Gasteiger partial charge in [0.25, 0.3) is 11.8 Å². The van der Waals surface area contributed by atoms with Gasteiger partial charge in [0.05, 0.1) is 11.1 Å². The maximum atomic E-state index is 12.6. The van der Waals surface area contributed by atoms with Gasteiger partial charge in [0.15, 0.2) is 0 Å². The number of nitrogens with zero attached hydrogens (tertiary/aromatic N) is 1. The lowest BCUT2D eigenvalue weighted by atomic mass is 10.1. The molecule has 0 aromatic heterocycles. The smallest absolute Gasteiger partial charge is 0.262 e. The molecule has 0 radical (unpaired) electrons. The Bertz CT molecular complexity index is 1020. The first-order valence-corrected chi connectivity index (χ1v) is 8.99. The molecule has 3 amide bonds. The van der Waals surface area contributed by atoms with Gasteiger partial charge in [0.1, 0.15) is 6.04 Å². The Morgan fingerprint density at radius 3 is 1.82 bits per heavy atom. The van der Waals surface area contributed by atoms with Crippen LogP contribution in [0.5, 0.6) is 0 Å². The number of carbonyl (C=O) groups excluding carboxylic acids is 3. The highest BCUT2D eigenvalue weighted by atomic mass is 16.2. The van der Waals surface area contributed by atoms with Crippen molar-refractivity contribution in [1.82, 2.24) is 4.90 Å². The molecule has 1 N–H and O–H groups in total. The first-order valence-electron chi connectivity index (χ1n) is 8.99. The fraction of sp³-hybridized carbons (Fsp3) is 0.0870. The zero-order chi connectivity index (χ0) is 19.7. The Kier molecular flexibility index (Phi) is 4.49.